The van der Waals surface area contributed by atoms with Gasteiger partial charge in [0, 0.05) is 5.56 Å². The largest absolute Gasteiger partial charge is 0.495 e. The van der Waals surface area contributed by atoms with Crippen molar-refractivity contribution in [2.24, 2.45) is 0 Å². The molecule has 1 aromatic rings. The Labute approximate surface area is 126 Å². The lowest BCUT2D eigenvalue weighted by atomic mass is 9.86. The van der Waals surface area contributed by atoms with Crippen LogP contribution < -0.4 is 9.64 Å². The maximum atomic E-state index is 11.7. The number of benzene rings is 1. The van der Waals surface area contributed by atoms with Gasteiger partial charge in [0.2, 0.25) is 0 Å². The molecule has 4 nitrogen and oxygen atoms in total. The maximum absolute atomic E-state index is 11.7. The van der Waals surface area contributed by atoms with Crippen LogP contribution in [0.25, 0.3) is 5.57 Å². The minimum absolute atomic E-state index is 0.384. The molecule has 0 saturated heterocycles. The molecule has 0 aromatic heterocycles. The van der Waals surface area contributed by atoms with Crippen LogP contribution in [0.5, 0.6) is 5.75 Å². The molecule has 114 valence electrons. The van der Waals surface area contributed by atoms with Crippen molar-refractivity contribution in [3.8, 4) is 5.75 Å². The zero-order chi connectivity index (χ0) is 15.8. The molecule has 1 unspecified atom stereocenters. The van der Waals surface area contributed by atoms with E-state index >= 15 is 0 Å². The van der Waals surface area contributed by atoms with Gasteiger partial charge in [0.05, 0.1) is 18.3 Å². The third kappa shape index (κ3) is 2.50. The van der Waals surface area contributed by atoms with Gasteiger partial charge in [-0.2, -0.15) is 0 Å². The molecule has 0 fully saturated rings. The average molecular weight is 289 g/mol. The average Bonchev–Trinajstić information content (AvgIpc) is 2.41. The predicted molar refractivity (Wildman–Crippen MR) is 84.9 cm³/mol. The van der Waals surface area contributed by atoms with Crippen molar-refractivity contribution < 1.29 is 14.6 Å². The fourth-order valence-electron chi connectivity index (χ4n) is 3.24. The lowest BCUT2D eigenvalue weighted by molar-refractivity contribution is -0.139. The topological polar surface area (TPSA) is 49.8 Å². The van der Waals surface area contributed by atoms with Gasteiger partial charge in [-0.1, -0.05) is 25.1 Å². The van der Waals surface area contributed by atoms with Crippen LogP contribution in [-0.4, -0.2) is 29.8 Å². The molecule has 0 aliphatic carbocycles. The van der Waals surface area contributed by atoms with Gasteiger partial charge >= 0.3 is 5.97 Å². The molecular weight excluding hydrogens is 266 g/mol. The number of carboxylic acids is 1. The predicted octanol–water partition coefficient (Wildman–Crippen LogP) is 3.56. The van der Waals surface area contributed by atoms with Gasteiger partial charge in [-0.3, -0.25) is 0 Å². The normalized spacial score (nSPS) is 17.8. The molecule has 0 amide bonds. The molecule has 2 rings (SSSR count). The lowest BCUT2D eigenvalue weighted by Crippen LogP contribution is -2.54. The lowest BCUT2D eigenvalue weighted by Gasteiger charge is -2.46. The van der Waals surface area contributed by atoms with Crippen LogP contribution in [0.1, 0.15) is 39.7 Å². The van der Waals surface area contributed by atoms with E-state index in [9.17, 15) is 9.90 Å². The zero-order valence-electron chi connectivity index (χ0n) is 13.3. The molecule has 1 aromatic carbocycles. The summed E-state index contributed by atoms with van der Waals surface area (Å²) >= 11 is 0. The van der Waals surface area contributed by atoms with E-state index in [4.69, 9.17) is 4.74 Å². The van der Waals surface area contributed by atoms with Crippen LogP contribution >= 0.6 is 0 Å². The Morgan fingerprint density at radius 3 is 2.62 bits per heavy atom. The van der Waals surface area contributed by atoms with E-state index in [1.807, 2.05) is 43.9 Å². The SMILES string of the molecule is CCC(C(=O)O)N1c2c(OC)cccc2C(C)=CC1(C)C. The van der Waals surface area contributed by atoms with Crippen LogP contribution in [0, 0.1) is 0 Å². The van der Waals surface area contributed by atoms with Crippen LogP contribution in [-0.2, 0) is 4.79 Å². The fraction of sp³-hybridized carbons (Fsp3) is 0.471. The molecule has 1 aliphatic rings. The first-order valence-corrected chi connectivity index (χ1v) is 7.22. The van der Waals surface area contributed by atoms with E-state index in [1.165, 1.54) is 0 Å². The van der Waals surface area contributed by atoms with Gasteiger partial charge < -0.3 is 14.7 Å². The van der Waals surface area contributed by atoms with Gasteiger partial charge in [0.1, 0.15) is 11.8 Å². The van der Waals surface area contributed by atoms with Crippen molar-refractivity contribution in [1.82, 2.24) is 0 Å². The fourth-order valence-corrected chi connectivity index (χ4v) is 3.24. The summed E-state index contributed by atoms with van der Waals surface area (Å²) in [5.74, 6) is -0.0943. The number of nitrogens with zero attached hydrogens (tertiary/aromatic N) is 1. The first kappa shape index (κ1) is 15.4. The number of aliphatic carboxylic acids is 1. The van der Waals surface area contributed by atoms with Gasteiger partial charge in [0.15, 0.2) is 0 Å². The standard InChI is InChI=1S/C17H23NO3/c1-6-13(16(19)20)18-15-12(8-7-9-14(15)21-5)11(2)10-17(18,3)4/h7-10,13H,6H2,1-5H3,(H,19,20). The number of rotatable bonds is 4. The third-order valence-corrected chi connectivity index (χ3v) is 4.06. The maximum Gasteiger partial charge on any atom is 0.326 e. The molecule has 1 N–H and O–H groups in total. The van der Waals surface area contributed by atoms with Gasteiger partial charge in [-0.05, 0) is 38.8 Å². The Balaban J connectivity index is 2.73. The van der Waals surface area contributed by atoms with Crippen LogP contribution in [0.4, 0.5) is 5.69 Å². The number of carbonyl (C=O) groups is 1. The van der Waals surface area contributed by atoms with Crippen molar-refractivity contribution in [2.45, 2.75) is 45.7 Å². The number of ether oxygens (including phenoxy) is 1. The van der Waals surface area contributed by atoms with Crippen LogP contribution in [0.2, 0.25) is 0 Å². The minimum Gasteiger partial charge on any atom is -0.495 e. The molecule has 0 radical (unpaired) electrons. The Bertz CT molecular complexity index is 590. The van der Waals surface area contributed by atoms with Gasteiger partial charge in [-0.25, -0.2) is 4.79 Å². The number of methoxy groups -OCH3 is 1. The second kappa shape index (κ2) is 5.43. The number of hydrogen-bond acceptors (Lipinski definition) is 3. The Morgan fingerprint density at radius 2 is 2.10 bits per heavy atom. The van der Waals surface area contributed by atoms with E-state index in [1.54, 1.807) is 7.11 Å². The highest BCUT2D eigenvalue weighted by Gasteiger charge is 2.40. The number of carboxylic acid groups (broad SMARTS) is 1. The molecule has 0 saturated carbocycles. The van der Waals surface area contributed by atoms with E-state index < -0.39 is 12.0 Å². The van der Waals surface area contributed by atoms with E-state index in [2.05, 4.69) is 13.0 Å². The first-order valence-electron chi connectivity index (χ1n) is 7.22. The molecular formula is C17H23NO3. The van der Waals surface area contributed by atoms with Gasteiger partial charge in [0.25, 0.3) is 0 Å². The molecule has 1 aliphatic heterocycles. The molecule has 4 heteroatoms. The number of anilines is 1. The molecule has 0 spiro atoms. The highest BCUT2D eigenvalue weighted by atomic mass is 16.5. The summed E-state index contributed by atoms with van der Waals surface area (Å²) in [4.78, 5) is 13.7. The number of hydrogen-bond donors (Lipinski definition) is 1. The first-order chi connectivity index (χ1) is 9.83. The van der Waals surface area contributed by atoms with Crippen LogP contribution in [0.3, 0.4) is 0 Å². The van der Waals surface area contributed by atoms with Gasteiger partial charge in [-0.15, -0.1) is 0 Å². The van der Waals surface area contributed by atoms with Crippen molar-refractivity contribution in [1.29, 1.82) is 0 Å². The van der Waals surface area contributed by atoms with Crippen molar-refractivity contribution in [3.05, 3.63) is 29.8 Å². The second-order valence-electron chi connectivity index (χ2n) is 5.97. The summed E-state index contributed by atoms with van der Waals surface area (Å²) in [6.07, 6.45) is 2.66. The molecule has 1 atom stereocenters. The number of allylic oxidation sites excluding steroid dienone is 1. The summed E-state index contributed by atoms with van der Waals surface area (Å²) in [6.45, 7) is 8.03. The highest BCUT2D eigenvalue weighted by molar-refractivity contribution is 5.89. The molecule has 21 heavy (non-hydrogen) atoms. The quantitative estimate of drug-likeness (QED) is 0.920. The van der Waals surface area contributed by atoms with Crippen molar-refractivity contribution >= 4 is 17.2 Å². The summed E-state index contributed by atoms with van der Waals surface area (Å²) in [6, 6.07) is 5.25. The number of para-hydroxylation sites is 1. The minimum atomic E-state index is -0.810. The Hall–Kier alpha value is -1.97. The molecule has 0 bridgehead atoms. The van der Waals surface area contributed by atoms with Crippen LogP contribution in [0.15, 0.2) is 24.3 Å². The molecule has 1 heterocycles. The summed E-state index contributed by atoms with van der Waals surface area (Å²) in [5, 5.41) is 9.61. The third-order valence-electron chi connectivity index (χ3n) is 4.06. The van der Waals surface area contributed by atoms with Crippen molar-refractivity contribution in [2.75, 3.05) is 12.0 Å². The van der Waals surface area contributed by atoms with Crippen molar-refractivity contribution in [3.63, 3.8) is 0 Å². The monoisotopic (exact) mass is 289 g/mol. The smallest absolute Gasteiger partial charge is 0.326 e. The van der Waals surface area contributed by atoms with E-state index in [0.29, 0.717) is 12.2 Å². The summed E-state index contributed by atoms with van der Waals surface area (Å²) < 4.78 is 5.50. The highest BCUT2D eigenvalue weighted by Crippen LogP contribution is 2.45. The summed E-state index contributed by atoms with van der Waals surface area (Å²) in [5.41, 5.74) is 2.67. The van der Waals surface area contributed by atoms with E-state index in [-0.39, 0.29) is 5.54 Å². The second-order valence-corrected chi connectivity index (χ2v) is 5.97. The Kier molecular flexibility index (Phi) is 3.99. The summed E-state index contributed by atoms with van der Waals surface area (Å²) in [7, 11) is 1.62. The Morgan fingerprint density at radius 1 is 1.43 bits per heavy atom. The van der Waals surface area contributed by atoms with E-state index in [0.717, 1.165) is 16.8 Å². The zero-order valence-corrected chi connectivity index (χ0v) is 13.3. The number of fused-ring (bicyclic) bond motifs is 1.